The predicted octanol–water partition coefficient (Wildman–Crippen LogP) is 2.66. The molecule has 0 bridgehead atoms. The van der Waals surface area contributed by atoms with Crippen molar-refractivity contribution in [3.63, 3.8) is 0 Å². The Morgan fingerprint density at radius 1 is 1.26 bits per heavy atom. The molecule has 0 aromatic carbocycles. The maximum absolute atomic E-state index is 6.02. The van der Waals surface area contributed by atoms with E-state index >= 15 is 0 Å². The topological polar surface area (TPSA) is 59.5 Å². The average Bonchev–Trinajstić information content (AvgIpc) is 3.10. The highest BCUT2D eigenvalue weighted by molar-refractivity contribution is 7.98. The zero-order valence-electron chi connectivity index (χ0n) is 11.8. The van der Waals surface area contributed by atoms with Crippen LogP contribution in [0.15, 0.2) is 17.2 Å². The van der Waals surface area contributed by atoms with Crippen molar-refractivity contribution in [2.45, 2.75) is 31.6 Å². The molecule has 0 aliphatic carbocycles. The molecular formula is C13H21N5S. The molecule has 0 saturated carbocycles. The lowest BCUT2D eigenvalue weighted by atomic mass is 10.4. The van der Waals surface area contributed by atoms with Crippen LogP contribution in [-0.4, -0.2) is 33.9 Å². The number of fused-ring (bicyclic) bond motifs is 1. The molecule has 5 nitrogen and oxygen atoms in total. The lowest BCUT2D eigenvalue weighted by Crippen LogP contribution is -2.20. The third-order valence-electron chi connectivity index (χ3n) is 3.10. The summed E-state index contributed by atoms with van der Waals surface area (Å²) >= 11 is 1.64. The maximum Gasteiger partial charge on any atom is 0.173 e. The van der Waals surface area contributed by atoms with E-state index in [9.17, 15) is 0 Å². The van der Waals surface area contributed by atoms with Gasteiger partial charge in [-0.1, -0.05) is 13.8 Å². The largest absolute Gasteiger partial charge is 0.383 e. The zero-order chi connectivity index (χ0) is 13.8. The van der Waals surface area contributed by atoms with Crippen LogP contribution in [0, 0.1) is 0 Å². The summed E-state index contributed by atoms with van der Waals surface area (Å²) < 4.78 is 1.70. The lowest BCUT2D eigenvalue weighted by molar-refractivity contribution is 0.905. The van der Waals surface area contributed by atoms with Crippen molar-refractivity contribution in [3.05, 3.63) is 12.3 Å². The number of hydrogen-bond donors (Lipinski definition) is 1. The third-order valence-corrected chi connectivity index (χ3v) is 3.83. The Hall–Kier alpha value is -1.43. The molecule has 3 rings (SSSR count). The molecule has 0 spiro atoms. The second kappa shape index (κ2) is 6.14. The van der Waals surface area contributed by atoms with Gasteiger partial charge in [0, 0.05) is 19.2 Å². The summed E-state index contributed by atoms with van der Waals surface area (Å²) in [6, 6.07) is 1.91. The number of hydrogen-bond acceptors (Lipinski definition) is 5. The Balaban J connectivity index is 0.000000637. The fourth-order valence-corrected chi connectivity index (χ4v) is 2.67. The number of rotatable bonds is 2. The fraction of sp³-hybridized carbons (Fsp3) is 0.538. The van der Waals surface area contributed by atoms with Crippen molar-refractivity contribution in [1.82, 2.24) is 14.6 Å². The van der Waals surface area contributed by atoms with Crippen LogP contribution in [0.3, 0.4) is 0 Å². The minimum atomic E-state index is 0.650. The molecule has 19 heavy (non-hydrogen) atoms. The SMILES string of the molecule is CC.CSc1cnn2c(N)cc(N3CCCC3)nc12. The Bertz CT molecular complexity index is 545. The van der Waals surface area contributed by atoms with E-state index in [2.05, 4.69) is 15.0 Å². The van der Waals surface area contributed by atoms with Gasteiger partial charge in [-0.2, -0.15) is 9.61 Å². The summed E-state index contributed by atoms with van der Waals surface area (Å²) in [5.41, 5.74) is 6.88. The van der Waals surface area contributed by atoms with Crippen molar-refractivity contribution in [2.75, 3.05) is 30.0 Å². The van der Waals surface area contributed by atoms with Gasteiger partial charge in [-0.3, -0.25) is 0 Å². The van der Waals surface area contributed by atoms with Crippen molar-refractivity contribution >= 4 is 29.0 Å². The quantitative estimate of drug-likeness (QED) is 0.856. The molecule has 2 N–H and O–H groups in total. The molecule has 0 radical (unpaired) electrons. The lowest BCUT2D eigenvalue weighted by Gasteiger charge is -2.17. The molecule has 104 valence electrons. The molecule has 0 amide bonds. The Morgan fingerprint density at radius 3 is 2.58 bits per heavy atom. The summed E-state index contributed by atoms with van der Waals surface area (Å²) in [6.07, 6.45) is 6.32. The number of thioether (sulfide) groups is 1. The van der Waals surface area contributed by atoms with E-state index in [1.165, 1.54) is 12.8 Å². The summed E-state index contributed by atoms with van der Waals surface area (Å²) in [4.78, 5) is 8.03. The van der Waals surface area contributed by atoms with Gasteiger partial charge in [0.05, 0.1) is 11.1 Å². The second-order valence-corrected chi connectivity index (χ2v) is 5.03. The normalized spacial score (nSPS) is 14.6. The van der Waals surface area contributed by atoms with Gasteiger partial charge in [-0.05, 0) is 19.1 Å². The van der Waals surface area contributed by atoms with E-state index in [1.54, 1.807) is 16.3 Å². The van der Waals surface area contributed by atoms with E-state index in [0.717, 1.165) is 29.5 Å². The standard InChI is InChI=1S/C11H15N5S.C2H6/c1-17-8-7-13-16-9(12)6-10(14-11(8)16)15-4-2-3-5-15;1-2/h6-7H,2-5,12H2,1H3;1-2H3. The number of nitrogen functional groups attached to an aromatic ring is 1. The Kier molecular flexibility index (Phi) is 4.52. The molecule has 0 unspecified atom stereocenters. The van der Waals surface area contributed by atoms with Crippen LogP contribution < -0.4 is 10.6 Å². The van der Waals surface area contributed by atoms with Gasteiger partial charge in [0.1, 0.15) is 11.6 Å². The van der Waals surface area contributed by atoms with E-state index in [4.69, 9.17) is 5.73 Å². The van der Waals surface area contributed by atoms with Gasteiger partial charge in [-0.15, -0.1) is 11.8 Å². The summed E-state index contributed by atoms with van der Waals surface area (Å²) in [6.45, 7) is 6.15. The van der Waals surface area contributed by atoms with Crippen LogP contribution >= 0.6 is 11.8 Å². The van der Waals surface area contributed by atoms with Crippen LogP contribution in [0.2, 0.25) is 0 Å². The van der Waals surface area contributed by atoms with Gasteiger partial charge in [0.15, 0.2) is 5.65 Å². The highest BCUT2D eigenvalue weighted by Crippen LogP contribution is 2.26. The monoisotopic (exact) mass is 279 g/mol. The van der Waals surface area contributed by atoms with Crippen LogP contribution in [-0.2, 0) is 0 Å². The first-order valence-corrected chi connectivity index (χ1v) is 7.95. The highest BCUT2D eigenvalue weighted by atomic mass is 32.2. The molecule has 1 saturated heterocycles. The van der Waals surface area contributed by atoms with Crippen LogP contribution in [0.25, 0.3) is 5.65 Å². The first kappa shape index (κ1) is 14.0. The van der Waals surface area contributed by atoms with E-state index in [-0.39, 0.29) is 0 Å². The molecule has 2 aromatic heterocycles. The van der Waals surface area contributed by atoms with Gasteiger partial charge in [0.2, 0.25) is 0 Å². The molecule has 1 aliphatic rings. The number of aromatic nitrogens is 3. The molecule has 3 heterocycles. The van der Waals surface area contributed by atoms with Crippen molar-refractivity contribution in [1.29, 1.82) is 0 Å². The minimum Gasteiger partial charge on any atom is -0.383 e. The van der Waals surface area contributed by atoms with Crippen molar-refractivity contribution < 1.29 is 0 Å². The van der Waals surface area contributed by atoms with Crippen LogP contribution in [0.5, 0.6) is 0 Å². The van der Waals surface area contributed by atoms with Crippen LogP contribution in [0.1, 0.15) is 26.7 Å². The van der Waals surface area contributed by atoms with Gasteiger partial charge in [0.25, 0.3) is 0 Å². The van der Waals surface area contributed by atoms with Crippen molar-refractivity contribution in [2.24, 2.45) is 0 Å². The van der Waals surface area contributed by atoms with E-state index in [1.807, 2.05) is 32.4 Å². The Labute approximate surface area is 118 Å². The van der Waals surface area contributed by atoms with Crippen molar-refractivity contribution in [3.8, 4) is 0 Å². The van der Waals surface area contributed by atoms with Gasteiger partial charge < -0.3 is 10.6 Å². The molecular weight excluding hydrogens is 258 g/mol. The van der Waals surface area contributed by atoms with Crippen LogP contribution in [0.4, 0.5) is 11.6 Å². The minimum absolute atomic E-state index is 0.650. The second-order valence-electron chi connectivity index (χ2n) is 4.18. The predicted molar refractivity (Wildman–Crippen MR) is 82.0 cm³/mol. The Morgan fingerprint density at radius 2 is 1.95 bits per heavy atom. The number of anilines is 2. The first-order valence-electron chi connectivity index (χ1n) is 6.73. The van der Waals surface area contributed by atoms with Gasteiger partial charge >= 0.3 is 0 Å². The zero-order valence-corrected chi connectivity index (χ0v) is 12.6. The van der Waals surface area contributed by atoms with E-state index < -0.39 is 0 Å². The summed E-state index contributed by atoms with van der Waals surface area (Å²) in [5, 5.41) is 4.25. The fourth-order valence-electron chi connectivity index (χ4n) is 2.20. The molecule has 1 aliphatic heterocycles. The van der Waals surface area contributed by atoms with E-state index in [0.29, 0.717) is 5.82 Å². The number of nitrogens with two attached hydrogens (primary N) is 1. The molecule has 6 heteroatoms. The maximum atomic E-state index is 6.02. The third kappa shape index (κ3) is 2.63. The van der Waals surface area contributed by atoms with Gasteiger partial charge in [-0.25, -0.2) is 4.98 Å². The number of nitrogens with zero attached hydrogens (tertiary/aromatic N) is 4. The average molecular weight is 279 g/mol. The molecule has 0 atom stereocenters. The first-order chi connectivity index (χ1) is 9.29. The summed E-state index contributed by atoms with van der Waals surface area (Å²) in [5.74, 6) is 1.63. The summed E-state index contributed by atoms with van der Waals surface area (Å²) in [7, 11) is 0. The highest BCUT2D eigenvalue weighted by Gasteiger charge is 2.16. The molecule has 1 fully saturated rings. The molecule has 2 aromatic rings. The smallest absolute Gasteiger partial charge is 0.173 e.